The molecule has 0 aromatic rings. The van der Waals surface area contributed by atoms with E-state index in [2.05, 4.69) is 50.0 Å². The molecule has 3 nitrogen and oxygen atoms in total. The third kappa shape index (κ3) is 5.50. The second-order valence-electron chi connectivity index (χ2n) is 4.56. The number of nitrogens with zero attached hydrogens (tertiary/aromatic N) is 2. The highest BCUT2D eigenvalue weighted by molar-refractivity contribution is 4.77. The van der Waals surface area contributed by atoms with Gasteiger partial charge in [0.15, 0.2) is 0 Å². The van der Waals surface area contributed by atoms with Crippen LogP contribution >= 0.6 is 0 Å². The van der Waals surface area contributed by atoms with Gasteiger partial charge in [-0.05, 0) is 41.0 Å². The molecule has 0 aromatic heterocycles. The molecule has 92 valence electrons. The number of rotatable bonds is 8. The van der Waals surface area contributed by atoms with E-state index in [0.29, 0.717) is 12.1 Å². The van der Waals surface area contributed by atoms with Gasteiger partial charge in [-0.1, -0.05) is 13.8 Å². The average molecular weight is 215 g/mol. The van der Waals surface area contributed by atoms with E-state index in [4.69, 9.17) is 0 Å². The fraction of sp³-hybridized carbons (Fsp3) is 1.00. The van der Waals surface area contributed by atoms with E-state index in [1.165, 1.54) is 6.42 Å². The van der Waals surface area contributed by atoms with Crippen molar-refractivity contribution in [2.75, 3.05) is 40.8 Å². The van der Waals surface area contributed by atoms with E-state index < -0.39 is 0 Å². The Hall–Kier alpha value is -0.120. The third-order valence-electron chi connectivity index (χ3n) is 2.94. The van der Waals surface area contributed by atoms with Crippen LogP contribution in [0.25, 0.3) is 0 Å². The fourth-order valence-corrected chi connectivity index (χ4v) is 2.29. The summed E-state index contributed by atoms with van der Waals surface area (Å²) in [5.41, 5.74) is 0. The van der Waals surface area contributed by atoms with Crippen LogP contribution in [0.1, 0.15) is 27.2 Å². The number of hydrogen-bond acceptors (Lipinski definition) is 3. The molecule has 0 aliphatic heterocycles. The lowest BCUT2D eigenvalue weighted by Crippen LogP contribution is -2.49. The molecule has 2 unspecified atom stereocenters. The Bertz CT molecular complexity index is 148. The van der Waals surface area contributed by atoms with Crippen molar-refractivity contribution in [1.29, 1.82) is 0 Å². The number of likely N-dealkylation sites (N-methyl/N-ethyl adjacent to an activating group) is 3. The molecule has 1 N–H and O–H groups in total. The molecule has 0 aliphatic rings. The van der Waals surface area contributed by atoms with Crippen LogP contribution < -0.4 is 5.32 Å². The van der Waals surface area contributed by atoms with Crippen LogP contribution in [-0.2, 0) is 0 Å². The zero-order valence-corrected chi connectivity index (χ0v) is 11.4. The lowest BCUT2D eigenvalue weighted by Gasteiger charge is -2.36. The lowest BCUT2D eigenvalue weighted by molar-refractivity contribution is 0.124. The SMILES string of the molecule is CCC(CNC)N(CC)C(C)CN(C)C. The van der Waals surface area contributed by atoms with Crippen molar-refractivity contribution in [3.63, 3.8) is 0 Å². The van der Waals surface area contributed by atoms with E-state index >= 15 is 0 Å². The summed E-state index contributed by atoms with van der Waals surface area (Å²) in [6.07, 6.45) is 1.21. The van der Waals surface area contributed by atoms with Crippen molar-refractivity contribution in [2.24, 2.45) is 0 Å². The number of hydrogen-bond donors (Lipinski definition) is 1. The van der Waals surface area contributed by atoms with Crippen molar-refractivity contribution in [1.82, 2.24) is 15.1 Å². The van der Waals surface area contributed by atoms with Crippen molar-refractivity contribution < 1.29 is 0 Å². The van der Waals surface area contributed by atoms with Crippen LogP contribution in [0, 0.1) is 0 Å². The summed E-state index contributed by atoms with van der Waals surface area (Å²) in [5, 5.41) is 3.29. The van der Waals surface area contributed by atoms with Crippen molar-refractivity contribution in [3.05, 3.63) is 0 Å². The van der Waals surface area contributed by atoms with Gasteiger partial charge in [0, 0.05) is 25.2 Å². The standard InChI is InChI=1S/C12H29N3/c1-7-12(9-13-4)15(8-2)11(3)10-14(5)6/h11-13H,7-10H2,1-6H3. The Morgan fingerprint density at radius 1 is 1.20 bits per heavy atom. The molecular weight excluding hydrogens is 186 g/mol. The molecule has 0 rings (SSSR count). The highest BCUT2D eigenvalue weighted by Gasteiger charge is 2.20. The van der Waals surface area contributed by atoms with Gasteiger partial charge in [0.2, 0.25) is 0 Å². The predicted octanol–water partition coefficient (Wildman–Crippen LogP) is 1.26. The molecule has 0 saturated carbocycles. The molecule has 0 radical (unpaired) electrons. The topological polar surface area (TPSA) is 18.5 Å². The van der Waals surface area contributed by atoms with Crippen molar-refractivity contribution >= 4 is 0 Å². The molecule has 0 spiro atoms. The minimum Gasteiger partial charge on any atom is -0.318 e. The maximum atomic E-state index is 3.29. The Morgan fingerprint density at radius 3 is 2.13 bits per heavy atom. The summed E-state index contributed by atoms with van der Waals surface area (Å²) < 4.78 is 0. The van der Waals surface area contributed by atoms with Gasteiger partial charge < -0.3 is 10.2 Å². The average Bonchev–Trinajstić information content (AvgIpc) is 2.16. The Kier molecular flexibility index (Phi) is 8.02. The van der Waals surface area contributed by atoms with Gasteiger partial charge in [-0.3, -0.25) is 4.90 Å². The molecular formula is C12H29N3. The normalized spacial score (nSPS) is 16.0. The Morgan fingerprint density at radius 2 is 1.80 bits per heavy atom. The largest absolute Gasteiger partial charge is 0.318 e. The van der Waals surface area contributed by atoms with Crippen molar-refractivity contribution in [3.8, 4) is 0 Å². The second-order valence-corrected chi connectivity index (χ2v) is 4.56. The summed E-state index contributed by atoms with van der Waals surface area (Å²) in [6, 6.07) is 1.29. The van der Waals surface area contributed by atoms with Crippen molar-refractivity contribution in [2.45, 2.75) is 39.3 Å². The van der Waals surface area contributed by atoms with Gasteiger partial charge in [0.05, 0.1) is 0 Å². The first kappa shape index (κ1) is 14.9. The van der Waals surface area contributed by atoms with Gasteiger partial charge in [0.25, 0.3) is 0 Å². The van der Waals surface area contributed by atoms with E-state index in [1.807, 2.05) is 7.05 Å². The third-order valence-corrected chi connectivity index (χ3v) is 2.94. The van der Waals surface area contributed by atoms with Crippen LogP contribution in [0.15, 0.2) is 0 Å². The maximum absolute atomic E-state index is 3.29. The Labute approximate surface area is 95.8 Å². The minimum absolute atomic E-state index is 0.628. The second kappa shape index (κ2) is 8.08. The summed E-state index contributed by atoms with van der Waals surface area (Å²) in [6.45, 7) is 10.2. The summed E-state index contributed by atoms with van der Waals surface area (Å²) in [5.74, 6) is 0. The molecule has 0 saturated heterocycles. The molecule has 15 heavy (non-hydrogen) atoms. The molecule has 0 heterocycles. The van der Waals surface area contributed by atoms with Gasteiger partial charge in [-0.25, -0.2) is 0 Å². The highest BCUT2D eigenvalue weighted by atomic mass is 15.2. The zero-order chi connectivity index (χ0) is 11.8. The van der Waals surface area contributed by atoms with Crippen LogP contribution in [0.4, 0.5) is 0 Å². The summed E-state index contributed by atoms with van der Waals surface area (Å²) >= 11 is 0. The Balaban J connectivity index is 4.28. The van der Waals surface area contributed by atoms with E-state index in [0.717, 1.165) is 19.6 Å². The maximum Gasteiger partial charge on any atom is 0.0221 e. The molecule has 0 bridgehead atoms. The van der Waals surface area contributed by atoms with E-state index in [-0.39, 0.29) is 0 Å². The van der Waals surface area contributed by atoms with Crippen LogP contribution in [0.2, 0.25) is 0 Å². The predicted molar refractivity (Wildman–Crippen MR) is 68.4 cm³/mol. The summed E-state index contributed by atoms with van der Waals surface area (Å²) in [7, 11) is 6.32. The van der Waals surface area contributed by atoms with Crippen LogP contribution in [0.5, 0.6) is 0 Å². The van der Waals surface area contributed by atoms with Gasteiger partial charge >= 0.3 is 0 Å². The molecule has 0 fully saturated rings. The quantitative estimate of drug-likeness (QED) is 0.657. The van der Waals surface area contributed by atoms with Gasteiger partial charge in [-0.2, -0.15) is 0 Å². The van der Waals surface area contributed by atoms with E-state index in [1.54, 1.807) is 0 Å². The van der Waals surface area contributed by atoms with Gasteiger partial charge in [0.1, 0.15) is 0 Å². The first-order valence-electron chi connectivity index (χ1n) is 6.11. The smallest absolute Gasteiger partial charge is 0.0221 e. The molecule has 0 aliphatic carbocycles. The fourth-order valence-electron chi connectivity index (χ4n) is 2.29. The van der Waals surface area contributed by atoms with Gasteiger partial charge in [-0.15, -0.1) is 0 Å². The minimum atomic E-state index is 0.628. The van der Waals surface area contributed by atoms with Crippen LogP contribution in [0.3, 0.4) is 0 Å². The molecule has 0 amide bonds. The molecule has 3 heteroatoms. The van der Waals surface area contributed by atoms with Crippen LogP contribution in [-0.4, -0.2) is 62.7 Å². The first-order chi connectivity index (χ1) is 7.06. The highest BCUT2D eigenvalue weighted by Crippen LogP contribution is 2.09. The lowest BCUT2D eigenvalue weighted by atomic mass is 10.1. The molecule has 0 aromatic carbocycles. The van der Waals surface area contributed by atoms with E-state index in [9.17, 15) is 0 Å². The first-order valence-corrected chi connectivity index (χ1v) is 6.11. The monoisotopic (exact) mass is 215 g/mol. The zero-order valence-electron chi connectivity index (χ0n) is 11.4. The molecule has 2 atom stereocenters. The number of nitrogens with one attached hydrogen (secondary N) is 1. The summed E-state index contributed by atoms with van der Waals surface area (Å²) in [4.78, 5) is 4.86.